The van der Waals surface area contributed by atoms with Gasteiger partial charge in [-0.2, -0.15) is 0 Å². The summed E-state index contributed by atoms with van der Waals surface area (Å²) in [6.07, 6.45) is 10.7. The number of carbonyl (C=O) groups is 3. The van der Waals surface area contributed by atoms with Crippen LogP contribution < -0.4 is 5.56 Å². The van der Waals surface area contributed by atoms with Crippen molar-refractivity contribution in [2.45, 2.75) is 123 Å². The number of piperidine rings is 1. The highest BCUT2D eigenvalue weighted by Gasteiger charge is 2.49. The van der Waals surface area contributed by atoms with E-state index in [1.54, 1.807) is 22.1 Å². The molecular weight excluding hydrogens is 584 g/mol. The van der Waals surface area contributed by atoms with Crippen molar-refractivity contribution in [1.82, 2.24) is 19.3 Å². The molecule has 3 heterocycles. The molecule has 0 spiro atoms. The van der Waals surface area contributed by atoms with Crippen LogP contribution in [0.3, 0.4) is 0 Å². The Labute approximate surface area is 274 Å². The maximum atomic E-state index is 13.9. The third-order valence-corrected chi connectivity index (χ3v) is 10.8. The van der Waals surface area contributed by atoms with Crippen molar-refractivity contribution in [2.24, 2.45) is 17.3 Å². The van der Waals surface area contributed by atoms with Gasteiger partial charge in [-0.25, -0.2) is 4.79 Å². The van der Waals surface area contributed by atoms with E-state index < -0.39 is 16.6 Å². The minimum absolute atomic E-state index is 0.0396. The summed E-state index contributed by atoms with van der Waals surface area (Å²) in [6, 6.07) is 1.59. The highest BCUT2D eigenvalue weighted by Crippen LogP contribution is 2.43. The van der Waals surface area contributed by atoms with Gasteiger partial charge in [0.05, 0.1) is 17.7 Å². The summed E-state index contributed by atoms with van der Waals surface area (Å²) in [7, 11) is 0. The van der Waals surface area contributed by atoms with E-state index in [4.69, 9.17) is 4.74 Å². The monoisotopic (exact) mass is 640 g/mol. The molecule has 1 aromatic heterocycles. The number of hydrogen-bond donors (Lipinski definition) is 1. The summed E-state index contributed by atoms with van der Waals surface area (Å²) in [4.78, 5) is 58.7. The molecule has 0 bridgehead atoms. The Hall–Kier alpha value is -2.88. The number of rotatable bonds is 7. The van der Waals surface area contributed by atoms with E-state index in [2.05, 4.69) is 0 Å². The van der Waals surface area contributed by atoms with Crippen LogP contribution in [0.15, 0.2) is 17.1 Å². The standard InChI is InChI=1S/C36H56N4O6/c1-25(20-26-10-8-7-9-11-26)31(42)39-15-14-36(45,35(5,6)23-39)24-40-22-29(28(21-30(40)41)27-12-13-27)32(43)37-16-18-38(19-17-37)33(44)46-34(2,3)4/h21-22,25-27,45H,7-20,23-24H2,1-6H3/t25-,36-/m1/s1. The van der Waals surface area contributed by atoms with E-state index in [1.807, 2.05) is 46.4 Å². The summed E-state index contributed by atoms with van der Waals surface area (Å²) in [5.74, 6) is 0.777. The summed E-state index contributed by atoms with van der Waals surface area (Å²) >= 11 is 0. The molecule has 3 amide bonds. The van der Waals surface area contributed by atoms with Gasteiger partial charge in [-0.1, -0.05) is 52.9 Å². The largest absolute Gasteiger partial charge is 0.444 e. The molecule has 4 aliphatic rings. The molecule has 0 unspecified atom stereocenters. The number of amides is 3. The van der Waals surface area contributed by atoms with E-state index >= 15 is 0 Å². The van der Waals surface area contributed by atoms with Crippen LogP contribution >= 0.6 is 0 Å². The third kappa shape index (κ3) is 7.80. The van der Waals surface area contributed by atoms with Crippen LogP contribution in [0, 0.1) is 17.3 Å². The minimum Gasteiger partial charge on any atom is -0.444 e. The first-order valence-electron chi connectivity index (χ1n) is 17.6. The van der Waals surface area contributed by atoms with Crippen molar-refractivity contribution in [3.05, 3.63) is 33.7 Å². The van der Waals surface area contributed by atoms with E-state index in [0.717, 1.165) is 24.8 Å². The zero-order valence-electron chi connectivity index (χ0n) is 29.0. The summed E-state index contributed by atoms with van der Waals surface area (Å²) in [5.41, 5.74) is -1.44. The molecule has 0 aromatic carbocycles. The molecule has 2 aliphatic heterocycles. The molecule has 2 saturated carbocycles. The fourth-order valence-electron chi connectivity index (χ4n) is 7.67. The first-order valence-corrected chi connectivity index (χ1v) is 17.6. The van der Waals surface area contributed by atoms with Crippen LogP contribution in [0.2, 0.25) is 0 Å². The lowest BCUT2D eigenvalue weighted by molar-refractivity contribution is -0.157. The Morgan fingerprint density at radius 3 is 2.17 bits per heavy atom. The van der Waals surface area contributed by atoms with Crippen molar-refractivity contribution < 1.29 is 24.2 Å². The van der Waals surface area contributed by atoms with Gasteiger partial charge in [0.1, 0.15) is 5.60 Å². The first kappa shape index (κ1) is 34.5. The second-order valence-corrected chi connectivity index (χ2v) is 16.2. The van der Waals surface area contributed by atoms with Crippen LogP contribution in [0.5, 0.6) is 0 Å². The van der Waals surface area contributed by atoms with Crippen molar-refractivity contribution in [3.63, 3.8) is 0 Å². The molecule has 2 aliphatic carbocycles. The lowest BCUT2D eigenvalue weighted by Crippen LogP contribution is -2.61. The zero-order valence-corrected chi connectivity index (χ0v) is 29.0. The Balaban J connectivity index is 1.27. The van der Waals surface area contributed by atoms with Crippen molar-refractivity contribution in [2.75, 3.05) is 39.3 Å². The van der Waals surface area contributed by atoms with Gasteiger partial charge in [0.2, 0.25) is 5.91 Å². The minimum atomic E-state index is -1.24. The molecule has 4 fully saturated rings. The fourth-order valence-corrected chi connectivity index (χ4v) is 7.67. The highest BCUT2D eigenvalue weighted by molar-refractivity contribution is 5.96. The molecule has 46 heavy (non-hydrogen) atoms. The summed E-state index contributed by atoms with van der Waals surface area (Å²) in [5, 5.41) is 12.1. The molecule has 2 saturated heterocycles. The quantitative estimate of drug-likeness (QED) is 0.448. The molecular formula is C36H56N4O6. The van der Waals surface area contributed by atoms with Gasteiger partial charge >= 0.3 is 6.09 Å². The lowest BCUT2D eigenvalue weighted by atomic mass is 9.69. The molecule has 10 heteroatoms. The van der Waals surface area contributed by atoms with Gasteiger partial charge in [0.15, 0.2) is 0 Å². The Bertz CT molecular complexity index is 1350. The van der Waals surface area contributed by atoms with Crippen LogP contribution in [-0.2, 0) is 16.1 Å². The van der Waals surface area contributed by atoms with Crippen molar-refractivity contribution >= 4 is 17.9 Å². The predicted octanol–water partition coefficient (Wildman–Crippen LogP) is 5.01. The molecule has 1 N–H and O–H groups in total. The van der Waals surface area contributed by atoms with Crippen LogP contribution in [0.4, 0.5) is 4.79 Å². The number of nitrogens with zero attached hydrogens (tertiary/aromatic N) is 4. The topological polar surface area (TPSA) is 112 Å². The third-order valence-electron chi connectivity index (χ3n) is 10.8. The van der Waals surface area contributed by atoms with Crippen LogP contribution in [0.1, 0.15) is 121 Å². The van der Waals surface area contributed by atoms with Gasteiger partial charge in [-0.3, -0.25) is 14.4 Å². The highest BCUT2D eigenvalue weighted by atomic mass is 16.6. The number of ether oxygens (including phenoxy) is 1. The molecule has 1 aromatic rings. The fraction of sp³-hybridized carbons (Fsp3) is 0.778. The second kappa shape index (κ2) is 13.3. The number of pyridine rings is 1. The molecule has 2 atom stereocenters. The lowest BCUT2D eigenvalue weighted by Gasteiger charge is -2.51. The van der Waals surface area contributed by atoms with Gasteiger partial charge in [0, 0.05) is 62.9 Å². The van der Waals surface area contributed by atoms with Gasteiger partial charge in [-0.15, -0.1) is 0 Å². The van der Waals surface area contributed by atoms with Crippen molar-refractivity contribution in [3.8, 4) is 0 Å². The van der Waals surface area contributed by atoms with Crippen molar-refractivity contribution in [1.29, 1.82) is 0 Å². The molecule has 10 nitrogen and oxygen atoms in total. The summed E-state index contributed by atoms with van der Waals surface area (Å²) < 4.78 is 7.01. The van der Waals surface area contributed by atoms with Crippen LogP contribution in [-0.4, -0.2) is 92.8 Å². The summed E-state index contributed by atoms with van der Waals surface area (Å²) in [6.45, 7) is 13.9. The van der Waals surface area contributed by atoms with E-state index in [0.29, 0.717) is 57.2 Å². The van der Waals surface area contributed by atoms with Gasteiger partial charge in [0.25, 0.3) is 11.5 Å². The average Bonchev–Trinajstić information content (AvgIpc) is 3.84. The van der Waals surface area contributed by atoms with Gasteiger partial charge < -0.3 is 29.1 Å². The Kier molecular flexibility index (Phi) is 9.98. The number of aromatic nitrogens is 1. The number of carbonyl (C=O) groups excluding carboxylic acids is 3. The van der Waals surface area contributed by atoms with E-state index in [9.17, 15) is 24.3 Å². The zero-order chi connectivity index (χ0) is 33.4. The molecule has 0 radical (unpaired) electrons. The Morgan fingerprint density at radius 2 is 1.59 bits per heavy atom. The van der Waals surface area contributed by atoms with E-state index in [1.165, 1.54) is 36.7 Å². The SMILES string of the molecule is C[C@H](CC1CCCCC1)C(=O)N1CC[C@@](O)(Cn2cc(C(=O)N3CCN(C(=O)OC(C)(C)C)CC3)c(C3CC3)cc2=O)C(C)(C)C1. The Morgan fingerprint density at radius 1 is 0.957 bits per heavy atom. The van der Waals surface area contributed by atoms with Crippen LogP contribution in [0.25, 0.3) is 0 Å². The number of likely N-dealkylation sites (tertiary alicyclic amines) is 1. The number of hydrogen-bond acceptors (Lipinski definition) is 6. The maximum Gasteiger partial charge on any atom is 0.410 e. The normalized spacial score (nSPS) is 24.9. The van der Waals surface area contributed by atoms with Gasteiger partial charge in [-0.05, 0) is 63.9 Å². The molecule has 5 rings (SSSR count). The number of aliphatic hydroxyl groups is 1. The molecule has 256 valence electrons. The predicted molar refractivity (Wildman–Crippen MR) is 177 cm³/mol. The second-order valence-electron chi connectivity index (χ2n) is 16.2. The number of piperazine rings is 1. The average molecular weight is 641 g/mol. The smallest absolute Gasteiger partial charge is 0.410 e. The first-order chi connectivity index (χ1) is 21.6. The maximum absolute atomic E-state index is 13.9. The van der Waals surface area contributed by atoms with E-state index in [-0.39, 0.29) is 41.8 Å².